The number of hydrogen-bond donors (Lipinski definition) is 2. The van der Waals surface area contributed by atoms with Crippen LogP contribution in [0.5, 0.6) is 5.75 Å². The van der Waals surface area contributed by atoms with Gasteiger partial charge in [-0.25, -0.2) is 9.18 Å². The fourth-order valence-corrected chi connectivity index (χ4v) is 4.96. The predicted octanol–water partition coefficient (Wildman–Crippen LogP) is 5.43. The molecule has 4 rings (SSSR count). The summed E-state index contributed by atoms with van der Waals surface area (Å²) in [6.45, 7) is 6.07. The summed E-state index contributed by atoms with van der Waals surface area (Å²) >= 11 is 3.57. The van der Waals surface area contributed by atoms with Crippen LogP contribution >= 0.6 is 15.9 Å². The van der Waals surface area contributed by atoms with Gasteiger partial charge in [0.15, 0.2) is 0 Å². The number of nitrogens with zero attached hydrogens (tertiary/aromatic N) is 1. The van der Waals surface area contributed by atoms with Gasteiger partial charge in [-0.2, -0.15) is 0 Å². The summed E-state index contributed by atoms with van der Waals surface area (Å²) in [7, 11) is 2.12. The molecular weight excluding hydrogens is 491 g/mol. The van der Waals surface area contributed by atoms with E-state index in [4.69, 9.17) is 9.84 Å². The number of piperidine rings is 1. The van der Waals surface area contributed by atoms with Gasteiger partial charge in [0.25, 0.3) is 5.91 Å². The van der Waals surface area contributed by atoms with Crippen molar-refractivity contribution >= 4 is 39.1 Å². The van der Waals surface area contributed by atoms with Gasteiger partial charge in [-0.05, 0) is 111 Å². The lowest BCUT2D eigenvalue weighted by Crippen LogP contribution is -2.34. The van der Waals surface area contributed by atoms with Crippen molar-refractivity contribution in [1.29, 1.82) is 0 Å². The Morgan fingerprint density at radius 1 is 1.21 bits per heavy atom. The Labute approximate surface area is 200 Å². The zero-order valence-electron chi connectivity index (χ0n) is 18.7. The zero-order chi connectivity index (χ0) is 23.9. The Balaban J connectivity index is 1.66. The molecule has 2 aromatic carbocycles. The van der Waals surface area contributed by atoms with E-state index in [-0.39, 0.29) is 5.69 Å². The molecule has 2 aliphatic rings. The Morgan fingerprint density at radius 2 is 1.91 bits per heavy atom. The van der Waals surface area contributed by atoms with Crippen LogP contribution in [-0.2, 0) is 0 Å². The number of rotatable bonds is 4. The van der Waals surface area contributed by atoms with E-state index >= 15 is 0 Å². The largest absolute Gasteiger partial charge is 0.482 e. The van der Waals surface area contributed by atoms with Gasteiger partial charge in [-0.1, -0.05) is 0 Å². The number of halogens is 2. The van der Waals surface area contributed by atoms with E-state index in [1.54, 1.807) is 6.07 Å². The molecule has 2 heterocycles. The highest BCUT2D eigenvalue weighted by Gasteiger charge is 2.33. The second-order valence-electron chi connectivity index (χ2n) is 9.17. The molecule has 6 nitrogen and oxygen atoms in total. The number of nitrogens with one attached hydrogen (secondary N) is 1. The smallest absolute Gasteiger partial charge is 0.338 e. The van der Waals surface area contributed by atoms with Crippen molar-refractivity contribution in [3.63, 3.8) is 0 Å². The maximum atomic E-state index is 14.0. The lowest BCUT2D eigenvalue weighted by atomic mass is 9.81. The molecule has 0 aromatic heterocycles. The number of carbonyl (C=O) groups is 2. The van der Waals surface area contributed by atoms with Crippen molar-refractivity contribution in [1.82, 2.24) is 4.90 Å². The highest BCUT2D eigenvalue weighted by atomic mass is 79.9. The molecule has 33 heavy (non-hydrogen) atoms. The number of carboxylic acid groups (broad SMARTS) is 1. The molecule has 0 aliphatic carbocycles. The first-order valence-corrected chi connectivity index (χ1v) is 11.6. The average Bonchev–Trinajstić information content (AvgIpc) is 2.73. The second kappa shape index (κ2) is 8.91. The lowest BCUT2D eigenvalue weighted by Gasteiger charge is -2.37. The van der Waals surface area contributed by atoms with Gasteiger partial charge >= 0.3 is 5.97 Å². The van der Waals surface area contributed by atoms with E-state index in [2.05, 4.69) is 39.3 Å². The topological polar surface area (TPSA) is 78.9 Å². The van der Waals surface area contributed by atoms with Crippen molar-refractivity contribution in [3.05, 3.63) is 63.4 Å². The van der Waals surface area contributed by atoms with Crippen LogP contribution in [0.1, 0.15) is 53.0 Å². The minimum atomic E-state index is -1.36. The number of likely N-dealkylation sites (tertiary alicyclic amines) is 1. The zero-order valence-corrected chi connectivity index (χ0v) is 20.3. The van der Waals surface area contributed by atoms with Crippen molar-refractivity contribution < 1.29 is 23.8 Å². The van der Waals surface area contributed by atoms with Crippen LogP contribution in [0.2, 0.25) is 0 Å². The second-order valence-corrected chi connectivity index (χ2v) is 10.0. The van der Waals surface area contributed by atoms with Crippen LogP contribution in [0.4, 0.5) is 10.1 Å². The molecule has 0 radical (unpaired) electrons. The molecule has 0 atom stereocenters. The summed E-state index contributed by atoms with van der Waals surface area (Å²) in [5.41, 5.74) is 1.72. The van der Waals surface area contributed by atoms with Gasteiger partial charge in [0.2, 0.25) is 0 Å². The third-order valence-electron chi connectivity index (χ3n) is 6.10. The third kappa shape index (κ3) is 4.96. The molecule has 0 spiro atoms. The molecule has 0 bridgehead atoms. The van der Waals surface area contributed by atoms with Gasteiger partial charge in [-0.3, -0.25) is 4.79 Å². The lowest BCUT2D eigenvalue weighted by molar-refractivity contribution is 0.0691. The Kier molecular flexibility index (Phi) is 6.33. The summed E-state index contributed by atoms with van der Waals surface area (Å²) in [6.07, 6.45) is 4.21. The van der Waals surface area contributed by atoms with E-state index in [0.717, 1.165) is 43.6 Å². The highest BCUT2D eigenvalue weighted by molar-refractivity contribution is 9.10. The number of carboxylic acids is 1. The maximum Gasteiger partial charge on any atom is 0.338 e. The Bertz CT molecular complexity index is 1150. The van der Waals surface area contributed by atoms with Crippen LogP contribution in [0.25, 0.3) is 5.57 Å². The average molecular weight is 517 g/mol. The summed E-state index contributed by atoms with van der Waals surface area (Å²) in [5, 5.41) is 11.6. The summed E-state index contributed by atoms with van der Waals surface area (Å²) in [5.74, 6) is -1.61. The Morgan fingerprint density at radius 3 is 2.55 bits per heavy atom. The minimum Gasteiger partial charge on any atom is -0.482 e. The minimum absolute atomic E-state index is 0.180. The number of allylic oxidation sites excluding steroid dienone is 1. The van der Waals surface area contributed by atoms with E-state index in [1.165, 1.54) is 11.6 Å². The molecule has 1 amide bonds. The number of fused-ring (bicyclic) bond motifs is 1. The molecular formula is C25H26BrFN2O4. The van der Waals surface area contributed by atoms with Crippen LogP contribution in [0, 0.1) is 11.7 Å². The SMILES string of the molecule is CN1CCC(C2=CC(C)(C)Oc3c(Br)cc(C(=O)Nc4ccc(C(=O)O)c(F)c4)cc32)CC1. The van der Waals surface area contributed by atoms with Crippen LogP contribution in [0.15, 0.2) is 40.9 Å². The summed E-state index contributed by atoms with van der Waals surface area (Å²) in [6, 6.07) is 7.01. The van der Waals surface area contributed by atoms with Gasteiger partial charge in [0, 0.05) is 16.8 Å². The molecule has 8 heteroatoms. The van der Waals surface area contributed by atoms with Gasteiger partial charge < -0.3 is 20.1 Å². The van der Waals surface area contributed by atoms with Gasteiger partial charge in [0.1, 0.15) is 17.2 Å². The standard InChI is InChI=1S/C25H26BrFN2O4/c1-25(2)13-19(14-6-8-29(3)9-7-14)18-10-15(11-20(26)22(18)33-25)23(30)28-16-4-5-17(24(31)32)21(27)12-16/h4-5,10-14H,6-9H2,1-3H3,(H,28,30)(H,31,32). The summed E-state index contributed by atoms with van der Waals surface area (Å²) < 4.78 is 20.9. The van der Waals surface area contributed by atoms with Crippen LogP contribution in [0.3, 0.4) is 0 Å². The van der Waals surface area contributed by atoms with Gasteiger partial charge in [0.05, 0.1) is 10.0 Å². The number of amides is 1. The van der Waals surface area contributed by atoms with Gasteiger partial charge in [-0.15, -0.1) is 0 Å². The molecule has 2 N–H and O–H groups in total. The van der Waals surface area contributed by atoms with Crippen molar-refractivity contribution in [2.24, 2.45) is 5.92 Å². The Hall–Kier alpha value is -2.71. The first-order valence-electron chi connectivity index (χ1n) is 10.8. The molecule has 0 unspecified atom stereocenters. The quantitative estimate of drug-likeness (QED) is 0.565. The number of aromatic carboxylic acids is 1. The fourth-order valence-electron chi connectivity index (χ4n) is 4.41. The number of ether oxygens (including phenoxy) is 1. The monoisotopic (exact) mass is 516 g/mol. The van der Waals surface area contributed by atoms with E-state index < -0.39 is 28.9 Å². The number of carbonyl (C=O) groups excluding carboxylic acids is 1. The highest BCUT2D eigenvalue weighted by Crippen LogP contribution is 2.46. The fraction of sp³-hybridized carbons (Fsp3) is 0.360. The third-order valence-corrected chi connectivity index (χ3v) is 6.69. The molecule has 2 aliphatic heterocycles. The molecule has 1 fully saturated rings. The molecule has 2 aromatic rings. The van der Waals surface area contributed by atoms with Crippen molar-refractivity contribution in [2.75, 3.05) is 25.5 Å². The number of hydrogen-bond acceptors (Lipinski definition) is 4. The van der Waals surface area contributed by atoms with Crippen LogP contribution in [-0.4, -0.2) is 47.6 Å². The maximum absolute atomic E-state index is 14.0. The first kappa shape index (κ1) is 23.4. The van der Waals surface area contributed by atoms with Crippen molar-refractivity contribution in [3.8, 4) is 5.75 Å². The van der Waals surface area contributed by atoms with Crippen LogP contribution < -0.4 is 10.1 Å². The molecule has 174 valence electrons. The molecule has 1 saturated heterocycles. The number of anilines is 1. The van der Waals surface area contributed by atoms with E-state index in [0.29, 0.717) is 21.7 Å². The predicted molar refractivity (Wildman–Crippen MR) is 128 cm³/mol. The molecule has 0 saturated carbocycles. The summed E-state index contributed by atoms with van der Waals surface area (Å²) in [4.78, 5) is 26.3. The van der Waals surface area contributed by atoms with Crippen molar-refractivity contribution in [2.45, 2.75) is 32.3 Å². The number of benzene rings is 2. The van der Waals surface area contributed by atoms with E-state index in [1.807, 2.05) is 19.9 Å². The normalized spacial score (nSPS) is 18.2. The van der Waals surface area contributed by atoms with E-state index in [9.17, 15) is 14.0 Å². The first-order chi connectivity index (χ1) is 15.5.